The van der Waals surface area contributed by atoms with Crippen LogP contribution in [0.2, 0.25) is 5.02 Å². The van der Waals surface area contributed by atoms with Crippen LogP contribution in [0.3, 0.4) is 0 Å². The second kappa shape index (κ2) is 9.37. The molecule has 0 aromatic heterocycles. The Balaban J connectivity index is 1.53. The SMILES string of the molecule is CC1CCN(C(=O)C2c3ccccc3CCN2CC(=O)Nc2ccc(F)cc2Cl)CC1. The highest BCUT2D eigenvalue weighted by atomic mass is 35.5. The minimum absolute atomic E-state index is 0.0582. The third kappa shape index (κ3) is 4.91. The molecule has 1 saturated heterocycles. The quantitative estimate of drug-likeness (QED) is 0.767. The van der Waals surface area contributed by atoms with Crippen LogP contribution in [0.1, 0.15) is 36.9 Å². The van der Waals surface area contributed by atoms with Gasteiger partial charge in [-0.05, 0) is 54.5 Å². The number of carbonyl (C=O) groups excluding carboxylic acids is 2. The lowest BCUT2D eigenvalue weighted by atomic mass is 9.90. The van der Waals surface area contributed by atoms with Crippen molar-refractivity contribution in [3.8, 4) is 0 Å². The molecule has 1 unspecified atom stereocenters. The number of halogens is 2. The molecule has 31 heavy (non-hydrogen) atoms. The molecule has 5 nitrogen and oxygen atoms in total. The average molecular weight is 444 g/mol. The van der Waals surface area contributed by atoms with E-state index < -0.39 is 11.9 Å². The monoisotopic (exact) mass is 443 g/mol. The van der Waals surface area contributed by atoms with Gasteiger partial charge in [0.1, 0.15) is 11.9 Å². The molecule has 2 aliphatic heterocycles. The molecule has 0 radical (unpaired) electrons. The summed E-state index contributed by atoms with van der Waals surface area (Å²) in [5, 5.41) is 2.90. The van der Waals surface area contributed by atoms with E-state index in [2.05, 4.69) is 18.3 Å². The molecule has 2 aromatic carbocycles. The minimum atomic E-state index is -0.479. The highest BCUT2D eigenvalue weighted by molar-refractivity contribution is 6.33. The third-order valence-corrected chi connectivity index (χ3v) is 6.58. The lowest BCUT2D eigenvalue weighted by molar-refractivity contribution is -0.139. The van der Waals surface area contributed by atoms with Crippen molar-refractivity contribution in [2.75, 3.05) is 31.5 Å². The van der Waals surface area contributed by atoms with E-state index in [0.717, 1.165) is 49.5 Å². The van der Waals surface area contributed by atoms with Crippen LogP contribution in [-0.2, 0) is 16.0 Å². The molecular weight excluding hydrogens is 417 g/mol. The van der Waals surface area contributed by atoms with Gasteiger partial charge in [-0.15, -0.1) is 0 Å². The van der Waals surface area contributed by atoms with Gasteiger partial charge in [-0.25, -0.2) is 4.39 Å². The van der Waals surface area contributed by atoms with Crippen molar-refractivity contribution in [2.24, 2.45) is 5.92 Å². The summed E-state index contributed by atoms with van der Waals surface area (Å²) in [7, 11) is 0. The van der Waals surface area contributed by atoms with Crippen LogP contribution in [0.25, 0.3) is 0 Å². The summed E-state index contributed by atoms with van der Waals surface area (Å²) < 4.78 is 13.3. The van der Waals surface area contributed by atoms with Gasteiger partial charge in [-0.1, -0.05) is 42.8 Å². The lowest BCUT2D eigenvalue weighted by Crippen LogP contribution is -2.50. The molecule has 164 valence electrons. The molecule has 1 N–H and O–H groups in total. The van der Waals surface area contributed by atoms with Gasteiger partial charge in [0.2, 0.25) is 11.8 Å². The van der Waals surface area contributed by atoms with Gasteiger partial charge < -0.3 is 10.2 Å². The number of nitrogens with zero attached hydrogens (tertiary/aromatic N) is 2. The maximum atomic E-state index is 13.6. The number of hydrogen-bond acceptors (Lipinski definition) is 3. The molecular formula is C24H27ClFN3O2. The molecule has 7 heteroatoms. The fourth-order valence-corrected chi connectivity index (χ4v) is 4.66. The third-order valence-electron chi connectivity index (χ3n) is 6.26. The largest absolute Gasteiger partial charge is 0.341 e. The van der Waals surface area contributed by atoms with Crippen molar-refractivity contribution >= 4 is 29.1 Å². The number of likely N-dealkylation sites (tertiary alicyclic amines) is 1. The summed E-state index contributed by atoms with van der Waals surface area (Å²) in [6, 6.07) is 11.4. The molecule has 2 aromatic rings. The molecule has 1 atom stereocenters. The van der Waals surface area contributed by atoms with Crippen LogP contribution in [0.15, 0.2) is 42.5 Å². The highest BCUT2D eigenvalue weighted by Gasteiger charge is 2.37. The van der Waals surface area contributed by atoms with Crippen LogP contribution < -0.4 is 5.32 Å². The Kier molecular flexibility index (Phi) is 6.58. The van der Waals surface area contributed by atoms with Gasteiger partial charge in [0.25, 0.3) is 0 Å². The van der Waals surface area contributed by atoms with E-state index in [1.165, 1.54) is 12.1 Å². The number of anilines is 1. The molecule has 2 aliphatic rings. The Morgan fingerprint density at radius 3 is 2.61 bits per heavy atom. The molecule has 1 fully saturated rings. The normalized spacial score (nSPS) is 19.7. The first kappa shape index (κ1) is 21.8. The number of hydrogen-bond donors (Lipinski definition) is 1. The Morgan fingerprint density at radius 1 is 1.13 bits per heavy atom. The highest BCUT2D eigenvalue weighted by Crippen LogP contribution is 2.32. The fourth-order valence-electron chi connectivity index (χ4n) is 4.44. The van der Waals surface area contributed by atoms with Gasteiger partial charge in [0.05, 0.1) is 17.3 Å². The van der Waals surface area contributed by atoms with Gasteiger partial charge >= 0.3 is 0 Å². The van der Waals surface area contributed by atoms with Crippen molar-refractivity contribution in [2.45, 2.75) is 32.2 Å². The Morgan fingerprint density at radius 2 is 1.87 bits per heavy atom. The van der Waals surface area contributed by atoms with E-state index >= 15 is 0 Å². The maximum Gasteiger partial charge on any atom is 0.244 e. The number of rotatable bonds is 4. The zero-order chi connectivity index (χ0) is 22.0. The van der Waals surface area contributed by atoms with Crippen LogP contribution in [0, 0.1) is 11.7 Å². The van der Waals surface area contributed by atoms with Gasteiger partial charge in [0.15, 0.2) is 0 Å². The number of carbonyl (C=O) groups is 2. The van der Waals surface area contributed by atoms with E-state index in [1.807, 2.05) is 28.0 Å². The number of nitrogens with one attached hydrogen (secondary N) is 1. The first-order valence-corrected chi connectivity index (χ1v) is 11.2. The predicted molar refractivity (Wildman–Crippen MR) is 119 cm³/mol. The number of benzene rings is 2. The van der Waals surface area contributed by atoms with E-state index in [0.29, 0.717) is 18.2 Å². The van der Waals surface area contributed by atoms with Crippen molar-refractivity contribution in [1.82, 2.24) is 9.80 Å². The molecule has 2 heterocycles. The topological polar surface area (TPSA) is 52.7 Å². The molecule has 0 spiro atoms. The summed E-state index contributed by atoms with van der Waals surface area (Å²) >= 11 is 6.05. The summed E-state index contributed by atoms with van der Waals surface area (Å²) in [4.78, 5) is 30.2. The van der Waals surface area contributed by atoms with Crippen LogP contribution in [0.4, 0.5) is 10.1 Å². The van der Waals surface area contributed by atoms with Gasteiger partial charge in [-0.3, -0.25) is 14.5 Å². The molecule has 0 aliphatic carbocycles. The summed E-state index contributed by atoms with van der Waals surface area (Å²) in [6.45, 7) is 4.40. The van der Waals surface area contributed by atoms with Crippen LogP contribution >= 0.6 is 11.6 Å². The van der Waals surface area contributed by atoms with Crippen LogP contribution in [-0.4, -0.2) is 47.8 Å². The Hall–Kier alpha value is -2.44. The minimum Gasteiger partial charge on any atom is -0.341 e. The maximum absolute atomic E-state index is 13.6. The van der Waals surface area contributed by atoms with E-state index in [4.69, 9.17) is 11.6 Å². The average Bonchev–Trinajstić information content (AvgIpc) is 2.75. The summed E-state index contributed by atoms with van der Waals surface area (Å²) in [5.74, 6) is -0.0493. The second-order valence-electron chi connectivity index (χ2n) is 8.50. The molecule has 0 saturated carbocycles. The van der Waals surface area contributed by atoms with Crippen molar-refractivity contribution in [1.29, 1.82) is 0 Å². The van der Waals surface area contributed by atoms with E-state index in [1.54, 1.807) is 0 Å². The fraction of sp³-hybridized carbons (Fsp3) is 0.417. The van der Waals surface area contributed by atoms with Gasteiger partial charge in [-0.2, -0.15) is 0 Å². The second-order valence-corrected chi connectivity index (χ2v) is 8.91. The summed E-state index contributed by atoms with van der Waals surface area (Å²) in [6.07, 6.45) is 2.79. The van der Waals surface area contributed by atoms with Gasteiger partial charge in [0, 0.05) is 19.6 Å². The Labute approximate surface area is 187 Å². The number of amides is 2. The molecule has 2 amide bonds. The first-order valence-electron chi connectivity index (χ1n) is 10.8. The smallest absolute Gasteiger partial charge is 0.244 e. The lowest BCUT2D eigenvalue weighted by Gasteiger charge is -2.40. The zero-order valence-electron chi connectivity index (χ0n) is 17.6. The first-order chi connectivity index (χ1) is 14.9. The number of piperidine rings is 1. The van der Waals surface area contributed by atoms with Crippen molar-refractivity contribution in [3.63, 3.8) is 0 Å². The zero-order valence-corrected chi connectivity index (χ0v) is 18.4. The van der Waals surface area contributed by atoms with E-state index in [-0.39, 0.29) is 23.4 Å². The van der Waals surface area contributed by atoms with Crippen molar-refractivity contribution < 1.29 is 14.0 Å². The predicted octanol–water partition coefficient (Wildman–Crippen LogP) is 4.28. The molecule has 4 rings (SSSR count). The number of fused-ring (bicyclic) bond motifs is 1. The molecule has 0 bridgehead atoms. The van der Waals surface area contributed by atoms with Crippen LogP contribution in [0.5, 0.6) is 0 Å². The summed E-state index contributed by atoms with van der Waals surface area (Å²) in [5.41, 5.74) is 2.49. The van der Waals surface area contributed by atoms with Crippen molar-refractivity contribution in [3.05, 3.63) is 64.4 Å². The standard InChI is InChI=1S/C24H27ClFN3O2/c1-16-8-11-28(12-9-16)24(31)23-19-5-3-2-4-17(19)10-13-29(23)15-22(30)27-21-7-6-18(26)14-20(21)25/h2-7,14,16,23H,8-13,15H2,1H3,(H,27,30). The Bertz CT molecular complexity index is 975. The van der Waals surface area contributed by atoms with E-state index in [9.17, 15) is 14.0 Å².